The zero-order chi connectivity index (χ0) is 16.3. The van der Waals surface area contributed by atoms with E-state index in [2.05, 4.69) is 4.67 Å². The topological polar surface area (TPSA) is 69.4 Å². The van der Waals surface area contributed by atoms with E-state index in [4.69, 9.17) is 58.0 Å². The summed E-state index contributed by atoms with van der Waals surface area (Å²) in [4.78, 5) is 0. The SMILES string of the molecule is NC(=[N+]=Cc1c(Cl)cccc1Cl)N(N)c1c(Cl)cccc1Cl. The summed E-state index contributed by atoms with van der Waals surface area (Å²) in [5.41, 5.74) is 6.74. The molecule has 0 unspecified atom stereocenters. The average Bonchev–Trinajstić information content (AvgIpc) is 2.46. The van der Waals surface area contributed by atoms with Crippen LogP contribution in [-0.4, -0.2) is 12.2 Å². The predicted molar refractivity (Wildman–Crippen MR) is 96.1 cm³/mol. The maximum atomic E-state index is 6.07. The molecule has 0 spiro atoms. The van der Waals surface area contributed by atoms with Crippen LogP contribution in [-0.2, 0) is 0 Å². The molecule has 0 radical (unpaired) electrons. The first-order valence-electron chi connectivity index (χ1n) is 6.01. The minimum absolute atomic E-state index is 0.0222. The maximum Gasteiger partial charge on any atom is 0.461 e. The van der Waals surface area contributed by atoms with Crippen LogP contribution in [0.5, 0.6) is 0 Å². The Bertz CT molecular complexity index is 729. The van der Waals surface area contributed by atoms with Crippen molar-refractivity contribution >= 4 is 64.3 Å². The Morgan fingerprint density at radius 1 is 0.909 bits per heavy atom. The fraction of sp³-hybridized carbons (Fsp3) is 0. The van der Waals surface area contributed by atoms with Crippen molar-refractivity contribution in [2.75, 3.05) is 5.01 Å². The van der Waals surface area contributed by atoms with Gasteiger partial charge in [0.1, 0.15) is 0 Å². The number of guanidine groups is 1. The zero-order valence-electron chi connectivity index (χ0n) is 11.1. The highest BCUT2D eigenvalue weighted by Crippen LogP contribution is 2.31. The van der Waals surface area contributed by atoms with Crippen molar-refractivity contribution in [3.63, 3.8) is 0 Å². The molecular formula is C14H11Cl4N4+. The van der Waals surface area contributed by atoms with Crippen molar-refractivity contribution in [3.8, 4) is 0 Å². The van der Waals surface area contributed by atoms with E-state index in [1.165, 1.54) is 6.21 Å². The van der Waals surface area contributed by atoms with Gasteiger partial charge in [0, 0.05) is 0 Å². The van der Waals surface area contributed by atoms with Crippen molar-refractivity contribution in [1.82, 2.24) is 4.67 Å². The molecule has 0 amide bonds. The van der Waals surface area contributed by atoms with Crippen LogP contribution in [0.15, 0.2) is 36.4 Å². The molecule has 2 aromatic rings. The van der Waals surface area contributed by atoms with E-state index >= 15 is 0 Å². The van der Waals surface area contributed by atoms with Crippen LogP contribution in [0.1, 0.15) is 5.56 Å². The Kier molecular flexibility index (Phi) is 5.59. The summed E-state index contributed by atoms with van der Waals surface area (Å²) in [5, 5.41) is 2.69. The van der Waals surface area contributed by atoms with E-state index in [9.17, 15) is 0 Å². The van der Waals surface area contributed by atoms with E-state index in [1.54, 1.807) is 36.4 Å². The first-order chi connectivity index (χ1) is 10.4. The number of anilines is 1. The quantitative estimate of drug-likeness (QED) is 0.277. The molecule has 8 heteroatoms. The molecule has 0 bridgehead atoms. The third kappa shape index (κ3) is 3.68. The third-order valence-corrected chi connectivity index (χ3v) is 4.02. The number of benzene rings is 2. The van der Waals surface area contributed by atoms with Crippen LogP contribution in [0.3, 0.4) is 0 Å². The van der Waals surface area contributed by atoms with Crippen molar-refractivity contribution in [3.05, 3.63) is 62.1 Å². The second kappa shape index (κ2) is 7.25. The summed E-state index contributed by atoms with van der Waals surface area (Å²) in [6.45, 7) is 0. The highest BCUT2D eigenvalue weighted by Gasteiger charge is 2.21. The first-order valence-corrected chi connectivity index (χ1v) is 7.52. The molecule has 0 heterocycles. The molecule has 0 saturated heterocycles. The number of halogens is 4. The summed E-state index contributed by atoms with van der Waals surface area (Å²) in [5.74, 6) is 5.88. The Labute approximate surface area is 147 Å². The van der Waals surface area contributed by atoms with E-state index < -0.39 is 0 Å². The summed E-state index contributed by atoms with van der Waals surface area (Å²) >= 11 is 24.2. The smallest absolute Gasteiger partial charge is 0.275 e. The second-order valence-corrected chi connectivity index (χ2v) is 5.82. The lowest BCUT2D eigenvalue weighted by molar-refractivity contribution is 1.11. The standard InChI is InChI=1S/C14H10Cl4N4/c15-9-3-1-4-10(16)8(9)7-21-14(19)22(20)13-11(17)5-2-6-12(13)18/h1-7,19H,20H2/p+1. The minimum atomic E-state index is -0.0222. The molecular weight excluding hydrogens is 366 g/mol. The van der Waals surface area contributed by atoms with Crippen LogP contribution < -0.4 is 21.3 Å². The van der Waals surface area contributed by atoms with Crippen LogP contribution >= 0.6 is 46.4 Å². The van der Waals surface area contributed by atoms with Gasteiger partial charge in [-0.1, -0.05) is 58.5 Å². The number of rotatable bonds is 2. The lowest BCUT2D eigenvalue weighted by Crippen LogP contribution is -2.45. The molecule has 114 valence electrons. The highest BCUT2D eigenvalue weighted by atomic mass is 35.5. The second-order valence-electron chi connectivity index (χ2n) is 4.19. The van der Waals surface area contributed by atoms with E-state index in [0.717, 1.165) is 5.01 Å². The number of hydrazine groups is 1. The number of para-hydroxylation sites is 1. The molecule has 22 heavy (non-hydrogen) atoms. The Morgan fingerprint density at radius 3 is 1.86 bits per heavy atom. The van der Waals surface area contributed by atoms with Gasteiger partial charge in [-0.15, -0.1) is 5.01 Å². The normalized spacial score (nSPS) is 10.0. The molecule has 0 saturated carbocycles. The molecule has 4 nitrogen and oxygen atoms in total. The van der Waals surface area contributed by atoms with Gasteiger partial charge < -0.3 is 0 Å². The van der Waals surface area contributed by atoms with Gasteiger partial charge in [0.2, 0.25) is 0 Å². The predicted octanol–water partition coefficient (Wildman–Crippen LogP) is 3.48. The fourth-order valence-electron chi connectivity index (χ4n) is 1.66. The molecule has 0 atom stereocenters. The van der Waals surface area contributed by atoms with E-state index in [0.29, 0.717) is 31.3 Å². The Hall–Kier alpha value is -1.39. The molecule has 0 fully saturated rings. The highest BCUT2D eigenvalue weighted by molar-refractivity contribution is 6.40. The van der Waals surface area contributed by atoms with Gasteiger partial charge in [-0.2, -0.15) is 5.84 Å². The van der Waals surface area contributed by atoms with E-state index in [-0.39, 0.29) is 5.96 Å². The Morgan fingerprint density at radius 2 is 1.36 bits per heavy atom. The van der Waals surface area contributed by atoms with Gasteiger partial charge in [0.15, 0.2) is 11.9 Å². The lowest BCUT2D eigenvalue weighted by atomic mass is 10.2. The van der Waals surface area contributed by atoms with Gasteiger partial charge >= 0.3 is 5.96 Å². The summed E-state index contributed by atoms with van der Waals surface area (Å²) in [6, 6.07) is 10.1. The third-order valence-electron chi connectivity index (χ3n) is 2.75. The average molecular weight is 377 g/mol. The maximum absolute atomic E-state index is 6.07. The molecule has 2 aromatic carbocycles. The molecule has 2 rings (SSSR count). The van der Waals surface area contributed by atoms with Crippen LogP contribution in [0.4, 0.5) is 5.69 Å². The summed E-state index contributed by atoms with van der Waals surface area (Å²) < 4.78 is 4.06. The Balaban J connectivity index is 2.42. The van der Waals surface area contributed by atoms with Gasteiger partial charge in [-0.05, 0) is 24.3 Å². The van der Waals surface area contributed by atoms with Crippen molar-refractivity contribution in [2.45, 2.75) is 0 Å². The molecule has 4 N–H and O–H groups in total. The molecule has 0 aliphatic carbocycles. The van der Waals surface area contributed by atoms with Crippen molar-refractivity contribution in [1.29, 1.82) is 0 Å². The number of hydrogen-bond acceptors (Lipinski definition) is 1. The van der Waals surface area contributed by atoms with Crippen LogP contribution in [0, 0.1) is 0 Å². The summed E-state index contributed by atoms with van der Waals surface area (Å²) in [7, 11) is 0. The van der Waals surface area contributed by atoms with Gasteiger partial charge in [-0.25, -0.2) is 4.67 Å². The number of nitrogens with two attached hydrogens (primary N) is 2. The van der Waals surface area contributed by atoms with Gasteiger partial charge in [0.05, 0.1) is 25.7 Å². The van der Waals surface area contributed by atoms with Crippen LogP contribution in [0.2, 0.25) is 20.1 Å². The lowest BCUT2D eigenvalue weighted by Gasteiger charge is -2.10. The summed E-state index contributed by atoms with van der Waals surface area (Å²) in [6.07, 6.45) is 1.42. The fourth-order valence-corrected chi connectivity index (χ4v) is 2.74. The largest absolute Gasteiger partial charge is 0.461 e. The monoisotopic (exact) mass is 375 g/mol. The van der Waals surface area contributed by atoms with E-state index in [1.807, 2.05) is 0 Å². The minimum Gasteiger partial charge on any atom is -0.275 e. The first kappa shape index (κ1) is 17.0. The molecule has 0 aromatic heterocycles. The zero-order valence-corrected chi connectivity index (χ0v) is 14.1. The van der Waals surface area contributed by atoms with Crippen LogP contribution in [0.25, 0.3) is 0 Å². The van der Waals surface area contributed by atoms with Crippen molar-refractivity contribution < 1.29 is 0 Å². The molecule has 0 aliphatic heterocycles. The molecule has 0 aliphatic rings. The van der Waals surface area contributed by atoms with Crippen molar-refractivity contribution in [2.24, 2.45) is 11.6 Å². The van der Waals surface area contributed by atoms with Gasteiger partial charge in [-0.3, -0.25) is 5.73 Å². The van der Waals surface area contributed by atoms with Gasteiger partial charge in [0.25, 0.3) is 0 Å². The number of hydrogen-bond donors (Lipinski definition) is 2. The number of nitrogens with zero attached hydrogens (tertiary/aromatic N) is 2.